The molecular weight excluding hydrogens is 788 g/mol. The normalized spacial score (nSPS) is 43.3. The molecule has 5 fully saturated rings. The first kappa shape index (κ1) is 46.5. The fraction of sp³-hybridized carbons (Fsp3) is 0.787. The number of Topliss-reactive ketones (excluding diaryl/α,β-unsaturated/α-hetero) is 1. The first-order valence-corrected chi connectivity index (χ1v) is 22.8. The minimum absolute atomic E-state index is 0.0309. The first-order chi connectivity index (χ1) is 29.3. The second-order valence-electron chi connectivity index (χ2n) is 18.8. The molecule has 1 aromatic rings. The number of anilines is 1. The van der Waals surface area contributed by atoms with E-state index in [0.717, 1.165) is 19.3 Å². The molecule has 342 valence electrons. The van der Waals surface area contributed by atoms with Crippen LogP contribution in [0.15, 0.2) is 35.9 Å². The molecule has 0 spiro atoms. The number of carbonyl (C=O) groups excluding carboxylic acids is 2. The highest BCUT2D eigenvalue weighted by Crippen LogP contribution is 2.57. The molecule has 0 radical (unpaired) electrons. The maximum Gasteiger partial charge on any atom is 0.306 e. The Morgan fingerprint density at radius 1 is 0.885 bits per heavy atom. The van der Waals surface area contributed by atoms with E-state index in [2.05, 4.69) is 31.2 Å². The summed E-state index contributed by atoms with van der Waals surface area (Å²) in [5, 5.41) is 16.1. The van der Waals surface area contributed by atoms with Crippen molar-refractivity contribution in [3.05, 3.63) is 41.7 Å². The van der Waals surface area contributed by atoms with Crippen LogP contribution in [0.3, 0.4) is 0 Å². The molecule has 7 rings (SSSR count). The largest absolute Gasteiger partial charge is 0.462 e. The molecule has 6 aliphatic rings. The van der Waals surface area contributed by atoms with Gasteiger partial charge in [0, 0.05) is 45.1 Å². The van der Waals surface area contributed by atoms with E-state index in [9.17, 15) is 9.90 Å². The number of hydrogen-bond donors (Lipinski definition) is 2. The van der Waals surface area contributed by atoms with Crippen molar-refractivity contribution in [3.8, 4) is 0 Å². The minimum atomic E-state index is -1.04. The highest BCUT2D eigenvalue weighted by atomic mass is 19.1. The van der Waals surface area contributed by atoms with Crippen LogP contribution in [0, 0.1) is 41.3 Å². The van der Waals surface area contributed by atoms with E-state index in [4.69, 9.17) is 37.9 Å². The number of nitrogens with one attached hydrogen (secondary N) is 1. The number of methoxy groups -OCH3 is 3. The summed E-state index contributed by atoms with van der Waals surface area (Å²) < 4.78 is 65.3. The molecule has 3 unspecified atom stereocenters. The Kier molecular flexibility index (Phi) is 15.3. The number of carbonyl (C=O) groups is 2. The fourth-order valence-corrected chi connectivity index (χ4v) is 12.0. The molecule has 0 aromatic heterocycles. The molecule has 3 aliphatic heterocycles. The van der Waals surface area contributed by atoms with Crippen molar-refractivity contribution in [3.63, 3.8) is 0 Å². The van der Waals surface area contributed by atoms with Crippen molar-refractivity contribution in [2.24, 2.45) is 35.5 Å². The first-order valence-electron chi connectivity index (χ1n) is 22.8. The van der Waals surface area contributed by atoms with E-state index in [-0.39, 0.29) is 78.2 Å². The monoisotopic (exact) mass is 859 g/mol. The van der Waals surface area contributed by atoms with E-state index in [1.54, 1.807) is 39.5 Å². The second kappa shape index (κ2) is 20.1. The molecule has 14 heteroatoms. The van der Waals surface area contributed by atoms with Crippen LogP contribution in [0.4, 0.5) is 10.1 Å². The summed E-state index contributed by atoms with van der Waals surface area (Å²) in [6.45, 7) is 7.94. The second-order valence-corrected chi connectivity index (χ2v) is 18.8. The Balaban J connectivity index is 1.21. The standard InChI is InChI=1S/C47H71FN2O11/c1-10-27-14-13-17-37(61-39-19-18-36(50(5)6)25(3)57-39)24(2)42(52)33-22-30-29-20-28(60-47-46(56-9)45(55-8)44(54-7)26(4)58-47)21-32(29)41(49-35-16-12-11-15-34(35)48)43(53)40(30)31(33)23-38(51)59-27/h11-12,15-16,22,24-32,36-37,39-41,43-47,49,53H,10,13-14,17-21,23H2,1-9H3/t24-,25?,26?,27+,28+,29+,30+,31-,32-,36+,37+,39+,40-,41+,43+,44+,45?,46+,47+/m1/s1. The molecular formula is C47H71FN2O11. The van der Waals surface area contributed by atoms with Gasteiger partial charge in [0.1, 0.15) is 30.2 Å². The van der Waals surface area contributed by atoms with Crippen LogP contribution in [0.2, 0.25) is 0 Å². The van der Waals surface area contributed by atoms with Gasteiger partial charge in [-0.3, -0.25) is 9.59 Å². The number of hydrogen-bond acceptors (Lipinski definition) is 13. The fourth-order valence-electron chi connectivity index (χ4n) is 12.0. The summed E-state index contributed by atoms with van der Waals surface area (Å²) >= 11 is 0. The lowest BCUT2D eigenvalue weighted by Gasteiger charge is -2.47. The minimum Gasteiger partial charge on any atom is -0.462 e. The molecule has 19 atom stereocenters. The maximum atomic E-state index is 15.4. The number of aliphatic hydroxyl groups is 1. The number of aliphatic hydroxyl groups excluding tert-OH is 1. The van der Waals surface area contributed by atoms with Gasteiger partial charge in [-0.05, 0) is 115 Å². The number of allylic oxidation sites excluding steroid dienone is 2. The number of benzene rings is 1. The third kappa shape index (κ3) is 9.64. The Hall–Kier alpha value is -2.53. The van der Waals surface area contributed by atoms with Crippen LogP contribution in [0.1, 0.15) is 85.5 Å². The van der Waals surface area contributed by atoms with Gasteiger partial charge in [0.2, 0.25) is 0 Å². The molecule has 61 heavy (non-hydrogen) atoms. The molecule has 13 nitrogen and oxygen atoms in total. The number of esters is 1. The van der Waals surface area contributed by atoms with Gasteiger partial charge in [0.15, 0.2) is 18.4 Å². The molecule has 3 aliphatic carbocycles. The molecule has 0 bridgehead atoms. The van der Waals surface area contributed by atoms with Gasteiger partial charge in [-0.2, -0.15) is 0 Å². The van der Waals surface area contributed by atoms with Gasteiger partial charge in [-0.25, -0.2) is 4.39 Å². The highest BCUT2D eigenvalue weighted by molar-refractivity contribution is 5.99. The maximum absolute atomic E-state index is 15.4. The Morgan fingerprint density at radius 3 is 2.28 bits per heavy atom. The molecule has 0 amide bonds. The van der Waals surface area contributed by atoms with Gasteiger partial charge in [0.25, 0.3) is 0 Å². The lowest BCUT2D eigenvalue weighted by molar-refractivity contribution is -0.314. The van der Waals surface area contributed by atoms with E-state index >= 15 is 9.18 Å². The van der Waals surface area contributed by atoms with Crippen LogP contribution in [-0.2, 0) is 47.5 Å². The van der Waals surface area contributed by atoms with E-state index < -0.39 is 66.6 Å². The van der Waals surface area contributed by atoms with Crippen LogP contribution >= 0.6 is 0 Å². The molecule has 2 N–H and O–H groups in total. The van der Waals surface area contributed by atoms with Crippen molar-refractivity contribution in [1.82, 2.24) is 4.90 Å². The topological polar surface area (TPSA) is 143 Å². The van der Waals surface area contributed by atoms with Gasteiger partial charge in [-0.15, -0.1) is 0 Å². The zero-order valence-electron chi connectivity index (χ0n) is 37.6. The average molecular weight is 859 g/mol. The highest BCUT2D eigenvalue weighted by Gasteiger charge is 2.60. The smallest absolute Gasteiger partial charge is 0.306 e. The number of halogens is 1. The number of cyclic esters (lactones) is 1. The zero-order chi connectivity index (χ0) is 43.7. The van der Waals surface area contributed by atoms with E-state index in [1.165, 1.54) is 6.07 Å². The Bertz CT molecular complexity index is 1680. The molecule has 3 heterocycles. The van der Waals surface area contributed by atoms with Crippen LogP contribution in [0.25, 0.3) is 0 Å². The summed E-state index contributed by atoms with van der Waals surface area (Å²) in [7, 11) is 8.96. The third-order valence-electron chi connectivity index (χ3n) is 15.1. The number of likely N-dealkylation sites (N-methyl/N-ethyl adjacent to an activating group) is 1. The Morgan fingerprint density at radius 2 is 1.61 bits per heavy atom. The van der Waals surface area contributed by atoms with E-state index in [0.29, 0.717) is 37.7 Å². The van der Waals surface area contributed by atoms with Crippen LogP contribution in [0.5, 0.6) is 0 Å². The molecule has 1 aromatic carbocycles. The molecule has 3 saturated heterocycles. The number of para-hydroxylation sites is 1. The van der Waals surface area contributed by atoms with Gasteiger partial charge < -0.3 is 53.2 Å². The number of ketones is 1. The lowest BCUT2D eigenvalue weighted by Crippen LogP contribution is -2.59. The van der Waals surface area contributed by atoms with E-state index in [1.807, 2.05) is 26.8 Å². The van der Waals surface area contributed by atoms with Crippen molar-refractivity contribution in [2.45, 2.75) is 165 Å². The number of ether oxygens (including phenoxy) is 8. The third-order valence-corrected chi connectivity index (χ3v) is 15.1. The van der Waals surface area contributed by atoms with Crippen molar-refractivity contribution in [2.75, 3.05) is 40.7 Å². The summed E-state index contributed by atoms with van der Waals surface area (Å²) in [6.07, 6.45) is 2.38. The van der Waals surface area contributed by atoms with Gasteiger partial charge in [-0.1, -0.05) is 32.1 Å². The lowest BCUT2D eigenvalue weighted by atomic mass is 9.62. The zero-order valence-corrected chi connectivity index (χ0v) is 37.6. The summed E-state index contributed by atoms with van der Waals surface area (Å²) in [5.41, 5.74) is 0.819. The van der Waals surface area contributed by atoms with Crippen molar-refractivity contribution >= 4 is 17.4 Å². The summed E-state index contributed by atoms with van der Waals surface area (Å²) in [6, 6.07) is 6.12. The number of nitrogens with zero attached hydrogens (tertiary/aromatic N) is 1. The SMILES string of the molecule is CC[C@H]1CCC[C@H](O[C@H]2CC[C@H](N(C)C)C(C)O2)[C@@H](C)C(=O)C2=C[C@H]3[C@@H]4C[C@H](O[C@@H]5OC(C)[C@H](OC)C(OC)[C@@H]5OC)C[C@H]4[C@H](Nc4ccccc4F)[C@@H](O)[C@H]3[C@@H]2CC(=O)O1. The summed E-state index contributed by atoms with van der Waals surface area (Å²) in [5.74, 6) is -3.09. The predicted octanol–water partition coefficient (Wildman–Crippen LogP) is 5.91. The van der Waals surface area contributed by atoms with Crippen LogP contribution in [-0.4, -0.2) is 137 Å². The van der Waals surface area contributed by atoms with Crippen molar-refractivity contribution in [1.29, 1.82) is 0 Å². The van der Waals surface area contributed by atoms with Crippen LogP contribution < -0.4 is 5.32 Å². The van der Waals surface area contributed by atoms with Gasteiger partial charge >= 0.3 is 5.97 Å². The molecule has 2 saturated carbocycles. The Labute approximate surface area is 361 Å². The van der Waals surface area contributed by atoms with Crippen molar-refractivity contribution < 1.29 is 57.0 Å². The van der Waals surface area contributed by atoms with Gasteiger partial charge in [0.05, 0.1) is 48.7 Å². The quantitative estimate of drug-likeness (QED) is 0.255. The average Bonchev–Trinajstić information content (AvgIpc) is 3.82. The number of fused-ring (bicyclic) bond motifs is 5. The number of rotatable bonds is 11. The predicted molar refractivity (Wildman–Crippen MR) is 225 cm³/mol. The summed E-state index contributed by atoms with van der Waals surface area (Å²) in [4.78, 5) is 31.1.